The Morgan fingerprint density at radius 3 is 2.81 bits per heavy atom. The van der Waals surface area contributed by atoms with Gasteiger partial charge in [-0.05, 0) is 43.9 Å². The van der Waals surface area contributed by atoms with Crippen molar-refractivity contribution in [3.63, 3.8) is 0 Å². The summed E-state index contributed by atoms with van der Waals surface area (Å²) in [7, 11) is 0. The summed E-state index contributed by atoms with van der Waals surface area (Å²) in [4.78, 5) is 28.4. The number of nitrogens with zero attached hydrogens (tertiary/aromatic N) is 1. The highest BCUT2D eigenvalue weighted by atomic mass is 16.4. The van der Waals surface area contributed by atoms with Gasteiger partial charge in [-0.1, -0.05) is 25.1 Å². The van der Waals surface area contributed by atoms with E-state index in [1.54, 1.807) is 0 Å². The number of aryl methyl sites for hydroxylation is 2. The van der Waals surface area contributed by atoms with Crippen LogP contribution >= 0.6 is 0 Å². The van der Waals surface area contributed by atoms with Crippen molar-refractivity contribution in [1.29, 1.82) is 0 Å². The number of likely N-dealkylation sites (N-methyl/N-ethyl adjacent to an activating group) is 1. The molecule has 0 saturated heterocycles. The molecular weight excluding hydrogens is 330 g/mol. The molecule has 1 aromatic carbocycles. The number of benzene rings is 1. The van der Waals surface area contributed by atoms with Crippen LogP contribution in [0.2, 0.25) is 0 Å². The molecule has 2 aromatic rings. The number of carbonyl (C=O) groups excluding carboxylic acids is 1. The molecule has 0 spiro atoms. The zero-order chi connectivity index (χ0) is 18.7. The molecule has 1 saturated carbocycles. The molecule has 3 rings (SSSR count). The Hall–Kier alpha value is -2.34. The van der Waals surface area contributed by atoms with Crippen molar-refractivity contribution in [3.05, 3.63) is 35.5 Å². The van der Waals surface area contributed by atoms with Crippen LogP contribution in [0.25, 0.3) is 10.9 Å². The molecular formula is C20H27N3O3. The Kier molecular flexibility index (Phi) is 5.61. The van der Waals surface area contributed by atoms with E-state index in [4.69, 9.17) is 5.11 Å². The molecule has 1 aliphatic carbocycles. The minimum absolute atomic E-state index is 0.0664. The summed E-state index contributed by atoms with van der Waals surface area (Å²) in [6.45, 7) is 4.84. The monoisotopic (exact) mass is 357 g/mol. The molecule has 0 atom stereocenters. The van der Waals surface area contributed by atoms with E-state index in [1.165, 1.54) is 16.5 Å². The molecule has 1 aromatic heterocycles. The Balaban J connectivity index is 1.45. The number of fused-ring (bicyclic) bond motifs is 1. The van der Waals surface area contributed by atoms with E-state index in [-0.39, 0.29) is 24.5 Å². The minimum atomic E-state index is -0.798. The molecule has 1 aliphatic rings. The number of hydrogen-bond acceptors (Lipinski definition) is 3. The molecule has 26 heavy (non-hydrogen) atoms. The van der Waals surface area contributed by atoms with Gasteiger partial charge in [-0.25, -0.2) is 0 Å². The first kappa shape index (κ1) is 18.5. The third kappa shape index (κ3) is 4.07. The van der Waals surface area contributed by atoms with E-state index in [0.717, 1.165) is 24.9 Å². The summed E-state index contributed by atoms with van der Waals surface area (Å²) in [6, 6.07) is 6.63. The Morgan fingerprint density at radius 2 is 2.12 bits per heavy atom. The molecule has 6 heteroatoms. The van der Waals surface area contributed by atoms with Crippen LogP contribution in [0.4, 0.5) is 0 Å². The molecule has 1 amide bonds. The van der Waals surface area contributed by atoms with Crippen molar-refractivity contribution in [2.45, 2.75) is 51.6 Å². The lowest BCUT2D eigenvalue weighted by atomic mass is 9.85. The molecule has 1 heterocycles. The molecule has 1 fully saturated rings. The lowest BCUT2D eigenvalue weighted by Crippen LogP contribution is -2.54. The SMILES string of the molecule is CCN(CC(=O)O)C1CC(NC(=O)CCc2c[nH]c3c(C)cccc23)C1. The van der Waals surface area contributed by atoms with Gasteiger partial charge in [-0.3, -0.25) is 14.5 Å². The summed E-state index contributed by atoms with van der Waals surface area (Å²) >= 11 is 0. The smallest absolute Gasteiger partial charge is 0.317 e. The zero-order valence-corrected chi connectivity index (χ0v) is 15.4. The molecule has 3 N–H and O–H groups in total. The van der Waals surface area contributed by atoms with Gasteiger partial charge in [-0.15, -0.1) is 0 Å². The van der Waals surface area contributed by atoms with Crippen LogP contribution in [0.15, 0.2) is 24.4 Å². The fourth-order valence-corrected chi connectivity index (χ4v) is 3.80. The van der Waals surface area contributed by atoms with Gasteiger partial charge in [0.25, 0.3) is 0 Å². The number of carbonyl (C=O) groups is 2. The number of rotatable bonds is 8. The van der Waals surface area contributed by atoms with Gasteiger partial charge in [0.2, 0.25) is 5.91 Å². The average Bonchev–Trinajstić information content (AvgIpc) is 2.98. The quantitative estimate of drug-likeness (QED) is 0.677. The number of carboxylic acids is 1. The molecule has 0 aliphatic heterocycles. The van der Waals surface area contributed by atoms with Gasteiger partial charge < -0.3 is 15.4 Å². The van der Waals surface area contributed by atoms with Crippen LogP contribution < -0.4 is 5.32 Å². The first-order chi connectivity index (χ1) is 12.5. The van der Waals surface area contributed by atoms with Crippen molar-refractivity contribution in [2.24, 2.45) is 0 Å². The Bertz CT molecular complexity index is 793. The van der Waals surface area contributed by atoms with Gasteiger partial charge in [-0.2, -0.15) is 0 Å². The topological polar surface area (TPSA) is 85.4 Å². The van der Waals surface area contributed by atoms with E-state index in [0.29, 0.717) is 12.8 Å². The van der Waals surface area contributed by atoms with Crippen molar-refractivity contribution in [2.75, 3.05) is 13.1 Å². The fourth-order valence-electron chi connectivity index (χ4n) is 3.80. The molecule has 140 valence electrons. The fraction of sp³-hybridized carbons (Fsp3) is 0.500. The standard InChI is InChI=1S/C20H27N3O3/c1-3-23(12-19(25)26)16-9-15(10-16)22-18(24)8-7-14-11-21-20-13(2)5-4-6-17(14)20/h4-6,11,15-16,21H,3,7-10,12H2,1-2H3,(H,22,24)(H,25,26). The van der Waals surface area contributed by atoms with Crippen LogP contribution in [-0.2, 0) is 16.0 Å². The number of aromatic nitrogens is 1. The lowest BCUT2D eigenvalue weighted by molar-refractivity contribution is -0.139. The number of carboxylic acid groups (broad SMARTS) is 1. The van der Waals surface area contributed by atoms with Crippen molar-refractivity contribution in [3.8, 4) is 0 Å². The Morgan fingerprint density at radius 1 is 1.35 bits per heavy atom. The summed E-state index contributed by atoms with van der Waals surface area (Å²) < 4.78 is 0. The maximum atomic E-state index is 12.2. The zero-order valence-electron chi connectivity index (χ0n) is 15.4. The predicted molar refractivity (Wildman–Crippen MR) is 101 cm³/mol. The van der Waals surface area contributed by atoms with Crippen LogP contribution in [0.3, 0.4) is 0 Å². The molecule has 0 bridgehead atoms. The summed E-state index contributed by atoms with van der Waals surface area (Å²) in [5.41, 5.74) is 3.52. The lowest BCUT2D eigenvalue weighted by Gasteiger charge is -2.42. The van der Waals surface area contributed by atoms with E-state index in [9.17, 15) is 9.59 Å². The van der Waals surface area contributed by atoms with E-state index in [2.05, 4.69) is 29.4 Å². The largest absolute Gasteiger partial charge is 0.480 e. The van der Waals surface area contributed by atoms with Crippen molar-refractivity contribution in [1.82, 2.24) is 15.2 Å². The number of hydrogen-bond donors (Lipinski definition) is 3. The normalized spacial score (nSPS) is 19.5. The van der Waals surface area contributed by atoms with Crippen molar-refractivity contribution >= 4 is 22.8 Å². The first-order valence-electron chi connectivity index (χ1n) is 9.28. The highest BCUT2D eigenvalue weighted by Crippen LogP contribution is 2.26. The maximum Gasteiger partial charge on any atom is 0.317 e. The number of H-pyrrole nitrogens is 1. The minimum Gasteiger partial charge on any atom is -0.480 e. The third-order valence-electron chi connectivity index (χ3n) is 5.37. The molecule has 6 nitrogen and oxygen atoms in total. The van der Waals surface area contributed by atoms with Crippen molar-refractivity contribution < 1.29 is 14.7 Å². The average molecular weight is 357 g/mol. The number of aliphatic carboxylic acids is 1. The van der Waals surface area contributed by atoms with Crippen LogP contribution in [0.1, 0.15) is 37.3 Å². The highest BCUT2D eigenvalue weighted by Gasteiger charge is 2.34. The van der Waals surface area contributed by atoms with Gasteiger partial charge in [0.15, 0.2) is 0 Å². The number of aromatic amines is 1. The second kappa shape index (κ2) is 7.91. The summed E-state index contributed by atoms with van der Waals surface area (Å²) in [6.07, 6.45) is 4.84. The predicted octanol–water partition coefficient (Wildman–Crippen LogP) is 2.46. The second-order valence-electron chi connectivity index (χ2n) is 7.16. The summed E-state index contributed by atoms with van der Waals surface area (Å²) in [5, 5.41) is 13.2. The first-order valence-corrected chi connectivity index (χ1v) is 9.28. The van der Waals surface area contributed by atoms with E-state index >= 15 is 0 Å². The highest BCUT2D eigenvalue weighted by molar-refractivity contribution is 5.86. The van der Waals surface area contributed by atoms with Crippen LogP contribution in [-0.4, -0.2) is 52.0 Å². The van der Waals surface area contributed by atoms with Gasteiger partial charge in [0.05, 0.1) is 6.54 Å². The number of nitrogens with one attached hydrogen (secondary N) is 2. The van der Waals surface area contributed by atoms with Crippen LogP contribution in [0, 0.1) is 6.92 Å². The van der Waals surface area contributed by atoms with Crippen LogP contribution in [0.5, 0.6) is 0 Å². The second-order valence-corrected chi connectivity index (χ2v) is 7.16. The summed E-state index contributed by atoms with van der Waals surface area (Å²) in [5.74, 6) is -0.731. The number of para-hydroxylation sites is 1. The molecule has 0 radical (unpaired) electrons. The van der Waals surface area contributed by atoms with E-state index < -0.39 is 5.97 Å². The third-order valence-corrected chi connectivity index (χ3v) is 5.37. The Labute approximate surface area is 153 Å². The van der Waals surface area contributed by atoms with Gasteiger partial charge in [0, 0.05) is 35.6 Å². The van der Waals surface area contributed by atoms with Gasteiger partial charge >= 0.3 is 5.97 Å². The maximum absolute atomic E-state index is 12.2. The molecule has 0 unspecified atom stereocenters. The van der Waals surface area contributed by atoms with E-state index in [1.807, 2.05) is 24.1 Å². The number of amides is 1. The van der Waals surface area contributed by atoms with Gasteiger partial charge in [0.1, 0.15) is 0 Å².